The summed E-state index contributed by atoms with van der Waals surface area (Å²) < 4.78 is 45.5. The summed E-state index contributed by atoms with van der Waals surface area (Å²) in [6.07, 6.45) is 0. The minimum Gasteiger partial charge on any atom is -0.379 e. The van der Waals surface area contributed by atoms with Crippen LogP contribution in [0.4, 0.5) is 9.18 Å². The number of thiophene rings is 1. The zero-order valence-electron chi connectivity index (χ0n) is 16.9. The standard InChI is InChI=1S/C20H26FN3O4S2/c1-14(2)19(15-3-5-16(21)6-4-15)23-20(25)22-13-17-7-8-18(29-17)30(26,27)24-9-11-28-12-10-24/h3-8,14,19H,9-13H2,1-2H3,(H2,22,23,25)/t19-/m1/s1. The number of hydrogen-bond acceptors (Lipinski definition) is 5. The first kappa shape index (κ1) is 22.7. The van der Waals surface area contributed by atoms with Crippen LogP contribution in [0.2, 0.25) is 0 Å². The number of benzene rings is 1. The van der Waals surface area contributed by atoms with Crippen molar-refractivity contribution in [1.29, 1.82) is 0 Å². The lowest BCUT2D eigenvalue weighted by Crippen LogP contribution is -2.40. The van der Waals surface area contributed by atoms with Crippen LogP contribution in [0, 0.1) is 11.7 Å². The Hall–Kier alpha value is -2.01. The minimum absolute atomic E-state index is 0.105. The zero-order chi connectivity index (χ0) is 21.7. The van der Waals surface area contributed by atoms with Crippen LogP contribution in [0.3, 0.4) is 0 Å². The average Bonchev–Trinajstić information content (AvgIpc) is 3.22. The molecule has 164 valence electrons. The summed E-state index contributed by atoms with van der Waals surface area (Å²) in [6.45, 7) is 5.62. The van der Waals surface area contributed by atoms with Crippen molar-refractivity contribution in [1.82, 2.24) is 14.9 Å². The first-order valence-electron chi connectivity index (χ1n) is 9.74. The molecule has 0 aliphatic carbocycles. The zero-order valence-corrected chi connectivity index (χ0v) is 18.6. The Kier molecular flexibility index (Phi) is 7.45. The van der Waals surface area contributed by atoms with Crippen LogP contribution in [0.15, 0.2) is 40.6 Å². The van der Waals surface area contributed by atoms with Gasteiger partial charge in [0.25, 0.3) is 10.0 Å². The molecular formula is C20H26FN3O4S2. The van der Waals surface area contributed by atoms with Crippen LogP contribution in [0.25, 0.3) is 0 Å². The first-order valence-corrected chi connectivity index (χ1v) is 12.0. The Morgan fingerprint density at radius 1 is 1.17 bits per heavy atom. The number of amides is 2. The topological polar surface area (TPSA) is 87.7 Å². The van der Waals surface area contributed by atoms with E-state index < -0.39 is 10.0 Å². The van der Waals surface area contributed by atoms with Gasteiger partial charge in [-0.1, -0.05) is 26.0 Å². The van der Waals surface area contributed by atoms with Gasteiger partial charge in [-0.15, -0.1) is 11.3 Å². The molecule has 0 bridgehead atoms. The Bertz CT molecular complexity index is 955. The second-order valence-electron chi connectivity index (χ2n) is 7.34. The number of hydrogen-bond donors (Lipinski definition) is 2. The van der Waals surface area contributed by atoms with E-state index in [9.17, 15) is 17.6 Å². The van der Waals surface area contributed by atoms with E-state index in [2.05, 4.69) is 10.6 Å². The molecule has 2 N–H and O–H groups in total. The van der Waals surface area contributed by atoms with Gasteiger partial charge < -0.3 is 15.4 Å². The van der Waals surface area contributed by atoms with Crippen LogP contribution in [-0.2, 0) is 21.3 Å². The molecule has 3 rings (SSSR count). The molecule has 2 aromatic rings. The molecule has 1 fully saturated rings. The predicted octanol–water partition coefficient (Wildman–Crippen LogP) is 3.10. The van der Waals surface area contributed by atoms with E-state index in [1.165, 1.54) is 16.4 Å². The number of halogens is 1. The van der Waals surface area contributed by atoms with Crippen LogP contribution in [0.5, 0.6) is 0 Å². The number of urea groups is 1. The fourth-order valence-electron chi connectivity index (χ4n) is 3.17. The molecule has 1 aromatic carbocycles. The van der Waals surface area contributed by atoms with E-state index in [1.807, 2.05) is 13.8 Å². The molecule has 1 aliphatic heterocycles. The SMILES string of the molecule is CC(C)[C@@H](NC(=O)NCc1ccc(S(=O)(=O)N2CCOCC2)s1)c1ccc(F)cc1. The molecule has 2 amide bonds. The van der Waals surface area contributed by atoms with Gasteiger partial charge >= 0.3 is 6.03 Å². The van der Waals surface area contributed by atoms with Crippen molar-refractivity contribution in [3.05, 3.63) is 52.7 Å². The highest BCUT2D eigenvalue weighted by atomic mass is 32.2. The van der Waals surface area contributed by atoms with E-state index >= 15 is 0 Å². The maximum atomic E-state index is 13.2. The van der Waals surface area contributed by atoms with Gasteiger partial charge in [0.2, 0.25) is 0 Å². The van der Waals surface area contributed by atoms with E-state index in [0.717, 1.165) is 21.8 Å². The van der Waals surface area contributed by atoms with Crippen molar-refractivity contribution in [3.63, 3.8) is 0 Å². The predicted molar refractivity (Wildman–Crippen MR) is 113 cm³/mol. The van der Waals surface area contributed by atoms with Crippen molar-refractivity contribution in [2.75, 3.05) is 26.3 Å². The summed E-state index contributed by atoms with van der Waals surface area (Å²) in [5.74, 6) is -0.223. The second kappa shape index (κ2) is 9.86. The lowest BCUT2D eigenvalue weighted by atomic mass is 9.96. The van der Waals surface area contributed by atoms with E-state index in [1.54, 1.807) is 24.3 Å². The molecule has 1 saturated heterocycles. The maximum absolute atomic E-state index is 13.2. The third-order valence-electron chi connectivity index (χ3n) is 4.81. The Balaban J connectivity index is 1.58. The molecule has 1 atom stereocenters. The summed E-state index contributed by atoms with van der Waals surface area (Å²) in [7, 11) is -3.54. The molecule has 0 spiro atoms. The first-order chi connectivity index (χ1) is 14.3. The molecule has 1 aliphatic rings. The van der Waals surface area contributed by atoms with Crippen LogP contribution < -0.4 is 10.6 Å². The number of sulfonamides is 1. The molecule has 7 nitrogen and oxygen atoms in total. The van der Waals surface area contributed by atoms with Crippen LogP contribution >= 0.6 is 11.3 Å². The number of nitrogens with zero attached hydrogens (tertiary/aromatic N) is 1. The Labute approximate surface area is 180 Å². The fraction of sp³-hybridized carbons (Fsp3) is 0.450. The minimum atomic E-state index is -3.54. The van der Waals surface area contributed by atoms with Crippen molar-refractivity contribution < 1.29 is 22.3 Å². The molecule has 0 unspecified atom stereocenters. The highest BCUT2D eigenvalue weighted by Gasteiger charge is 2.27. The van der Waals surface area contributed by atoms with Gasteiger partial charge in [-0.3, -0.25) is 0 Å². The van der Waals surface area contributed by atoms with Crippen LogP contribution in [-0.4, -0.2) is 45.1 Å². The monoisotopic (exact) mass is 455 g/mol. The lowest BCUT2D eigenvalue weighted by molar-refractivity contribution is 0.0731. The number of nitrogens with one attached hydrogen (secondary N) is 2. The van der Waals surface area contributed by atoms with Crippen molar-refractivity contribution in [2.45, 2.75) is 30.6 Å². The second-order valence-corrected chi connectivity index (χ2v) is 10.7. The molecule has 1 aromatic heterocycles. The van der Waals surface area contributed by atoms with Gasteiger partial charge in [0.05, 0.1) is 25.8 Å². The maximum Gasteiger partial charge on any atom is 0.315 e. The van der Waals surface area contributed by atoms with Crippen molar-refractivity contribution >= 4 is 27.4 Å². The number of morpholine rings is 1. The van der Waals surface area contributed by atoms with Crippen molar-refractivity contribution in [2.24, 2.45) is 5.92 Å². The highest BCUT2D eigenvalue weighted by Crippen LogP contribution is 2.26. The fourth-order valence-corrected chi connectivity index (χ4v) is 6.03. The summed E-state index contributed by atoms with van der Waals surface area (Å²) in [5, 5.41) is 5.67. The molecule has 10 heteroatoms. The highest BCUT2D eigenvalue weighted by molar-refractivity contribution is 7.91. The smallest absolute Gasteiger partial charge is 0.315 e. The van der Waals surface area contributed by atoms with Gasteiger partial charge in [0, 0.05) is 18.0 Å². The van der Waals surface area contributed by atoms with Crippen LogP contribution in [0.1, 0.15) is 30.3 Å². The molecule has 2 heterocycles. The van der Waals surface area contributed by atoms with Gasteiger partial charge in [0.1, 0.15) is 10.0 Å². The summed E-state index contributed by atoms with van der Waals surface area (Å²) >= 11 is 1.14. The largest absolute Gasteiger partial charge is 0.379 e. The van der Waals surface area contributed by atoms with E-state index in [0.29, 0.717) is 26.3 Å². The molecule has 0 radical (unpaired) electrons. The Morgan fingerprint density at radius 2 is 1.83 bits per heavy atom. The number of rotatable bonds is 7. The quantitative estimate of drug-likeness (QED) is 0.672. The van der Waals surface area contributed by atoms with Gasteiger partial charge in [-0.05, 0) is 35.7 Å². The van der Waals surface area contributed by atoms with Crippen molar-refractivity contribution in [3.8, 4) is 0 Å². The number of carbonyl (C=O) groups is 1. The van der Waals surface area contributed by atoms with Gasteiger partial charge in [0.15, 0.2) is 0 Å². The average molecular weight is 456 g/mol. The molecule has 0 saturated carbocycles. The molecule has 30 heavy (non-hydrogen) atoms. The third-order valence-corrected chi connectivity index (χ3v) is 8.26. The molecular weight excluding hydrogens is 429 g/mol. The summed E-state index contributed by atoms with van der Waals surface area (Å²) in [6, 6.07) is 8.68. The number of ether oxygens (including phenoxy) is 1. The van der Waals surface area contributed by atoms with Gasteiger partial charge in [-0.25, -0.2) is 17.6 Å². The summed E-state index contributed by atoms with van der Waals surface area (Å²) in [5.41, 5.74) is 0.816. The van der Waals surface area contributed by atoms with E-state index in [4.69, 9.17) is 4.74 Å². The summed E-state index contributed by atoms with van der Waals surface area (Å²) in [4.78, 5) is 13.1. The Morgan fingerprint density at radius 3 is 2.47 bits per heavy atom. The third kappa shape index (κ3) is 5.57. The van der Waals surface area contributed by atoms with E-state index in [-0.39, 0.29) is 34.6 Å². The van der Waals surface area contributed by atoms with Gasteiger partial charge in [-0.2, -0.15) is 4.31 Å². The number of carbonyl (C=O) groups excluding carboxylic acids is 1. The lowest BCUT2D eigenvalue weighted by Gasteiger charge is -2.25. The normalized spacial score (nSPS) is 16.4.